The lowest BCUT2D eigenvalue weighted by Crippen LogP contribution is -2.40. The highest BCUT2D eigenvalue weighted by atomic mass is 16.1. The van der Waals surface area contributed by atoms with Gasteiger partial charge >= 0.3 is 0 Å². The van der Waals surface area contributed by atoms with Crippen LogP contribution >= 0.6 is 0 Å². The van der Waals surface area contributed by atoms with Crippen LogP contribution in [0.5, 0.6) is 0 Å². The molecule has 1 amide bonds. The zero-order chi connectivity index (χ0) is 13.9. The number of amides is 1. The summed E-state index contributed by atoms with van der Waals surface area (Å²) in [7, 11) is 0. The molecule has 104 valence electrons. The first-order valence-electron chi connectivity index (χ1n) is 7.23. The monoisotopic (exact) mass is 268 g/mol. The number of hydrogen-bond acceptors (Lipinski definition) is 2. The fraction of sp³-hybridized carbons (Fsp3) is 0.353. The van der Waals surface area contributed by atoms with E-state index in [1.54, 1.807) is 0 Å². The minimum Gasteiger partial charge on any atom is -0.325 e. The van der Waals surface area contributed by atoms with E-state index in [-0.39, 0.29) is 11.8 Å². The van der Waals surface area contributed by atoms with Gasteiger partial charge in [0.15, 0.2) is 0 Å². The molecule has 0 bridgehead atoms. The highest BCUT2D eigenvalue weighted by molar-refractivity contribution is 6.02. The molecule has 3 heteroatoms. The van der Waals surface area contributed by atoms with Gasteiger partial charge in [-0.3, -0.25) is 4.79 Å². The number of fused-ring (bicyclic) bond motifs is 1. The Morgan fingerprint density at radius 3 is 2.80 bits per heavy atom. The molecule has 3 rings (SSSR count). The van der Waals surface area contributed by atoms with Gasteiger partial charge in [0.2, 0.25) is 5.91 Å². The summed E-state index contributed by atoms with van der Waals surface area (Å²) in [6.45, 7) is 3.98. The van der Waals surface area contributed by atoms with E-state index in [1.165, 1.54) is 0 Å². The van der Waals surface area contributed by atoms with Crippen molar-refractivity contribution in [2.75, 3.05) is 18.4 Å². The molecule has 1 fully saturated rings. The maximum absolute atomic E-state index is 12.4. The Balaban J connectivity index is 1.80. The molecule has 0 spiro atoms. The van der Waals surface area contributed by atoms with Crippen LogP contribution in [0.4, 0.5) is 5.69 Å². The predicted octanol–water partition coefficient (Wildman–Crippen LogP) is 3.02. The first kappa shape index (κ1) is 13.1. The minimum atomic E-state index is 0.0673. The van der Waals surface area contributed by atoms with Crippen LogP contribution in [0.15, 0.2) is 42.5 Å². The lowest BCUT2D eigenvalue weighted by Gasteiger charge is -2.27. The van der Waals surface area contributed by atoms with Gasteiger partial charge in [-0.05, 0) is 30.3 Å². The SMILES string of the molecule is CC1CNCC(C(=O)Nc2cccc3ccccc23)C1. The van der Waals surface area contributed by atoms with Crippen molar-refractivity contribution in [2.24, 2.45) is 11.8 Å². The summed E-state index contributed by atoms with van der Waals surface area (Å²) < 4.78 is 0. The summed E-state index contributed by atoms with van der Waals surface area (Å²) in [5.41, 5.74) is 0.909. The number of piperidine rings is 1. The van der Waals surface area contributed by atoms with Crippen molar-refractivity contribution in [2.45, 2.75) is 13.3 Å². The number of benzene rings is 2. The molecule has 2 aromatic rings. The molecule has 1 aliphatic rings. The van der Waals surface area contributed by atoms with Crippen LogP contribution in [0.2, 0.25) is 0 Å². The lowest BCUT2D eigenvalue weighted by molar-refractivity contribution is -0.120. The van der Waals surface area contributed by atoms with Gasteiger partial charge in [0.05, 0.1) is 5.92 Å². The van der Waals surface area contributed by atoms with E-state index >= 15 is 0 Å². The van der Waals surface area contributed by atoms with Gasteiger partial charge < -0.3 is 10.6 Å². The average Bonchev–Trinajstić information content (AvgIpc) is 2.47. The number of carbonyl (C=O) groups excluding carboxylic acids is 1. The van der Waals surface area contributed by atoms with Gasteiger partial charge in [-0.1, -0.05) is 43.3 Å². The maximum atomic E-state index is 12.4. The van der Waals surface area contributed by atoms with Crippen LogP contribution in [0.25, 0.3) is 10.8 Å². The lowest BCUT2D eigenvalue weighted by atomic mass is 9.91. The molecule has 1 aliphatic heterocycles. The number of nitrogens with one attached hydrogen (secondary N) is 2. The first-order chi connectivity index (χ1) is 9.74. The molecular weight excluding hydrogens is 248 g/mol. The van der Waals surface area contributed by atoms with E-state index in [1.807, 2.05) is 30.3 Å². The number of carbonyl (C=O) groups is 1. The smallest absolute Gasteiger partial charge is 0.228 e. The zero-order valence-electron chi connectivity index (χ0n) is 11.7. The summed E-state index contributed by atoms with van der Waals surface area (Å²) in [4.78, 5) is 12.4. The third-order valence-electron chi connectivity index (χ3n) is 3.99. The van der Waals surface area contributed by atoms with Crippen LogP contribution in [0, 0.1) is 11.8 Å². The second-order valence-electron chi connectivity index (χ2n) is 5.71. The fourth-order valence-electron chi connectivity index (χ4n) is 2.93. The Morgan fingerprint density at radius 2 is 1.95 bits per heavy atom. The molecule has 2 N–H and O–H groups in total. The van der Waals surface area contributed by atoms with Crippen LogP contribution in [0.1, 0.15) is 13.3 Å². The molecule has 0 aromatic heterocycles. The van der Waals surface area contributed by atoms with Crippen molar-refractivity contribution in [3.8, 4) is 0 Å². The maximum Gasteiger partial charge on any atom is 0.228 e. The highest BCUT2D eigenvalue weighted by Gasteiger charge is 2.24. The molecule has 1 heterocycles. The first-order valence-corrected chi connectivity index (χ1v) is 7.23. The van der Waals surface area contributed by atoms with Crippen LogP contribution < -0.4 is 10.6 Å². The van der Waals surface area contributed by atoms with Crippen LogP contribution in [-0.4, -0.2) is 19.0 Å². The van der Waals surface area contributed by atoms with E-state index < -0.39 is 0 Å². The molecule has 0 aliphatic carbocycles. The molecule has 2 aromatic carbocycles. The molecule has 20 heavy (non-hydrogen) atoms. The van der Waals surface area contributed by atoms with Crippen molar-refractivity contribution in [1.29, 1.82) is 0 Å². The van der Waals surface area contributed by atoms with E-state index in [4.69, 9.17) is 0 Å². The van der Waals surface area contributed by atoms with Gasteiger partial charge in [0.1, 0.15) is 0 Å². The van der Waals surface area contributed by atoms with Crippen LogP contribution in [-0.2, 0) is 4.79 Å². The molecule has 0 radical (unpaired) electrons. The predicted molar refractivity (Wildman–Crippen MR) is 82.7 cm³/mol. The average molecular weight is 268 g/mol. The molecule has 0 saturated carbocycles. The van der Waals surface area contributed by atoms with Crippen molar-refractivity contribution in [3.63, 3.8) is 0 Å². The number of rotatable bonds is 2. The quantitative estimate of drug-likeness (QED) is 0.879. The second-order valence-corrected chi connectivity index (χ2v) is 5.71. The van der Waals surface area contributed by atoms with Crippen molar-refractivity contribution >= 4 is 22.4 Å². The minimum absolute atomic E-state index is 0.0673. The summed E-state index contributed by atoms with van der Waals surface area (Å²) in [6.07, 6.45) is 0.962. The summed E-state index contributed by atoms with van der Waals surface area (Å²) in [5, 5.41) is 8.67. The van der Waals surface area contributed by atoms with E-state index in [9.17, 15) is 4.79 Å². The molecule has 2 atom stereocenters. The topological polar surface area (TPSA) is 41.1 Å². The number of anilines is 1. The van der Waals surface area contributed by atoms with Crippen molar-refractivity contribution in [3.05, 3.63) is 42.5 Å². The fourth-order valence-corrected chi connectivity index (χ4v) is 2.93. The van der Waals surface area contributed by atoms with Gasteiger partial charge in [0, 0.05) is 17.6 Å². The van der Waals surface area contributed by atoms with Gasteiger partial charge in [-0.25, -0.2) is 0 Å². The Labute approximate surface area is 119 Å². The van der Waals surface area contributed by atoms with Gasteiger partial charge in [-0.2, -0.15) is 0 Å². The normalized spacial score (nSPS) is 22.6. The Bertz CT molecular complexity index is 618. The van der Waals surface area contributed by atoms with Crippen molar-refractivity contribution in [1.82, 2.24) is 5.32 Å². The van der Waals surface area contributed by atoms with Gasteiger partial charge in [-0.15, -0.1) is 0 Å². The standard InChI is InChI=1S/C17H20N2O/c1-12-9-14(11-18-10-12)17(20)19-16-8-4-6-13-5-2-3-7-15(13)16/h2-8,12,14,18H,9-11H2,1H3,(H,19,20). The molecular formula is C17H20N2O. The molecule has 1 saturated heterocycles. The third kappa shape index (κ3) is 2.68. The molecule has 3 nitrogen and oxygen atoms in total. The Morgan fingerprint density at radius 1 is 1.15 bits per heavy atom. The number of hydrogen-bond donors (Lipinski definition) is 2. The van der Waals surface area contributed by atoms with E-state index in [2.05, 4.69) is 29.7 Å². The Hall–Kier alpha value is -1.87. The Kier molecular flexibility index (Phi) is 3.70. The van der Waals surface area contributed by atoms with Gasteiger partial charge in [0.25, 0.3) is 0 Å². The van der Waals surface area contributed by atoms with Crippen LogP contribution in [0.3, 0.4) is 0 Å². The third-order valence-corrected chi connectivity index (χ3v) is 3.99. The highest BCUT2D eigenvalue weighted by Crippen LogP contribution is 2.24. The summed E-state index contributed by atoms with van der Waals surface area (Å²) in [5.74, 6) is 0.755. The zero-order valence-corrected chi connectivity index (χ0v) is 11.7. The summed E-state index contributed by atoms with van der Waals surface area (Å²) in [6, 6.07) is 14.2. The second kappa shape index (κ2) is 5.63. The largest absolute Gasteiger partial charge is 0.325 e. The van der Waals surface area contributed by atoms with Crippen molar-refractivity contribution < 1.29 is 4.79 Å². The summed E-state index contributed by atoms with van der Waals surface area (Å²) >= 11 is 0. The molecule has 2 unspecified atom stereocenters. The van der Waals surface area contributed by atoms with E-state index in [0.717, 1.165) is 36.0 Å². The van der Waals surface area contributed by atoms with E-state index in [0.29, 0.717) is 5.92 Å².